The van der Waals surface area contributed by atoms with Crippen LogP contribution in [0.5, 0.6) is 0 Å². The van der Waals surface area contributed by atoms with Crippen LogP contribution in [-0.4, -0.2) is 70.2 Å². The van der Waals surface area contributed by atoms with Gasteiger partial charge in [-0.3, -0.25) is 14.7 Å². The van der Waals surface area contributed by atoms with Crippen molar-refractivity contribution in [2.75, 3.05) is 26.2 Å². The quantitative estimate of drug-likeness (QED) is 0.819. The number of carbonyl (C=O) groups excluding carboxylic acids is 2. The summed E-state index contributed by atoms with van der Waals surface area (Å²) >= 11 is 0. The molecule has 1 aromatic carbocycles. The number of piperidine rings is 1. The Bertz CT molecular complexity index is 922. The van der Waals surface area contributed by atoms with E-state index >= 15 is 0 Å². The van der Waals surface area contributed by atoms with Crippen molar-refractivity contribution in [3.8, 4) is 0 Å². The van der Waals surface area contributed by atoms with Gasteiger partial charge in [0.25, 0.3) is 5.91 Å². The van der Waals surface area contributed by atoms with Gasteiger partial charge in [0.2, 0.25) is 5.91 Å². The highest BCUT2D eigenvalue weighted by atomic mass is 16.5. The fraction of sp³-hybridized carbons (Fsp3) is 0.542. The second kappa shape index (κ2) is 9.22. The van der Waals surface area contributed by atoms with Crippen molar-refractivity contribution in [1.82, 2.24) is 20.0 Å². The summed E-state index contributed by atoms with van der Waals surface area (Å²) in [5, 5.41) is 7.26. The maximum absolute atomic E-state index is 13.2. The Labute approximate surface area is 183 Å². The molecule has 0 unspecified atom stereocenters. The zero-order chi connectivity index (χ0) is 22.0. The standard InChI is InChI=1S/C24H32N4O3/c1-16-5-4-6-19(11-16)12-22(29)27-9-7-20(8-10-27)23-21(13-25-26-23)24(30)28-14-17(2)31-18(3)15-28/h4-6,11,13,17-18,20H,7-10,12,14-15H2,1-3H3,(H,25,26)/t17-,18-/m1/s1. The average molecular weight is 425 g/mol. The van der Waals surface area contributed by atoms with Crippen molar-refractivity contribution in [2.45, 2.75) is 58.2 Å². The summed E-state index contributed by atoms with van der Waals surface area (Å²) in [5.74, 6) is 0.394. The molecule has 2 aliphatic heterocycles. The number of aryl methyl sites for hydroxylation is 1. The highest BCUT2D eigenvalue weighted by molar-refractivity contribution is 5.95. The second-order valence-electron chi connectivity index (χ2n) is 8.99. The topological polar surface area (TPSA) is 78.5 Å². The van der Waals surface area contributed by atoms with Crippen LogP contribution in [0.2, 0.25) is 0 Å². The van der Waals surface area contributed by atoms with Gasteiger partial charge in [0.15, 0.2) is 0 Å². The molecule has 2 aromatic rings. The van der Waals surface area contributed by atoms with Crippen LogP contribution in [0.15, 0.2) is 30.5 Å². The van der Waals surface area contributed by atoms with Gasteiger partial charge in [-0.15, -0.1) is 0 Å². The summed E-state index contributed by atoms with van der Waals surface area (Å²) < 4.78 is 5.76. The van der Waals surface area contributed by atoms with Crippen LogP contribution in [0, 0.1) is 6.92 Å². The molecule has 4 rings (SSSR count). The molecule has 2 atom stereocenters. The Hall–Kier alpha value is -2.67. The average Bonchev–Trinajstić information content (AvgIpc) is 3.22. The molecule has 0 radical (unpaired) electrons. The molecule has 2 saturated heterocycles. The fourth-order valence-corrected chi connectivity index (χ4v) is 4.82. The van der Waals surface area contributed by atoms with E-state index in [-0.39, 0.29) is 29.9 Å². The number of hydrogen-bond acceptors (Lipinski definition) is 4. The van der Waals surface area contributed by atoms with Gasteiger partial charge >= 0.3 is 0 Å². The van der Waals surface area contributed by atoms with Crippen molar-refractivity contribution < 1.29 is 14.3 Å². The summed E-state index contributed by atoms with van der Waals surface area (Å²) in [4.78, 5) is 29.7. The Morgan fingerprint density at radius 2 is 1.84 bits per heavy atom. The first-order chi connectivity index (χ1) is 14.9. The molecule has 2 aliphatic rings. The van der Waals surface area contributed by atoms with Crippen molar-refractivity contribution in [1.29, 1.82) is 0 Å². The third-order valence-electron chi connectivity index (χ3n) is 6.30. The number of ether oxygens (including phenoxy) is 1. The molecule has 0 saturated carbocycles. The highest BCUT2D eigenvalue weighted by Gasteiger charge is 2.32. The van der Waals surface area contributed by atoms with Crippen molar-refractivity contribution in [2.24, 2.45) is 0 Å². The van der Waals surface area contributed by atoms with Gasteiger partial charge in [-0.25, -0.2) is 0 Å². The van der Waals surface area contributed by atoms with Crippen LogP contribution in [-0.2, 0) is 16.0 Å². The van der Waals surface area contributed by atoms with E-state index in [1.165, 1.54) is 5.56 Å². The Morgan fingerprint density at radius 1 is 1.13 bits per heavy atom. The lowest BCUT2D eigenvalue weighted by atomic mass is 9.90. The number of nitrogens with one attached hydrogen (secondary N) is 1. The van der Waals surface area contributed by atoms with E-state index in [1.807, 2.05) is 48.8 Å². The van der Waals surface area contributed by atoms with Gasteiger partial charge in [-0.2, -0.15) is 5.10 Å². The van der Waals surface area contributed by atoms with Crippen LogP contribution < -0.4 is 0 Å². The number of aromatic amines is 1. The number of H-pyrrole nitrogens is 1. The lowest BCUT2D eigenvalue weighted by molar-refractivity contribution is -0.131. The maximum atomic E-state index is 13.2. The summed E-state index contributed by atoms with van der Waals surface area (Å²) in [6.45, 7) is 8.63. The Balaban J connectivity index is 1.37. The molecule has 2 amide bonds. The van der Waals surface area contributed by atoms with Gasteiger partial charge in [0, 0.05) is 32.1 Å². The monoisotopic (exact) mass is 424 g/mol. The zero-order valence-corrected chi connectivity index (χ0v) is 18.6. The van der Waals surface area contributed by atoms with Gasteiger partial charge < -0.3 is 14.5 Å². The molecular weight excluding hydrogens is 392 g/mol. The SMILES string of the molecule is Cc1cccc(CC(=O)N2CCC(c3[nH]ncc3C(=O)N3C[C@@H](C)O[C@H](C)C3)CC2)c1. The van der Waals surface area contributed by atoms with Gasteiger partial charge in [-0.05, 0) is 39.2 Å². The first-order valence-electron chi connectivity index (χ1n) is 11.2. The molecule has 0 bridgehead atoms. The van der Waals surface area contributed by atoms with Crippen molar-refractivity contribution in [3.63, 3.8) is 0 Å². The molecule has 1 aromatic heterocycles. The summed E-state index contributed by atoms with van der Waals surface area (Å²) in [5.41, 5.74) is 3.79. The minimum atomic E-state index is 0.0173. The van der Waals surface area contributed by atoms with E-state index in [0.29, 0.717) is 38.2 Å². The summed E-state index contributed by atoms with van der Waals surface area (Å²) in [6.07, 6.45) is 3.82. The smallest absolute Gasteiger partial charge is 0.257 e. The zero-order valence-electron chi connectivity index (χ0n) is 18.6. The van der Waals surface area contributed by atoms with E-state index in [2.05, 4.69) is 16.3 Å². The van der Waals surface area contributed by atoms with Gasteiger partial charge in [0.1, 0.15) is 0 Å². The maximum Gasteiger partial charge on any atom is 0.257 e. The largest absolute Gasteiger partial charge is 0.372 e. The Kier molecular flexibility index (Phi) is 6.41. The molecule has 0 aliphatic carbocycles. The van der Waals surface area contributed by atoms with E-state index < -0.39 is 0 Å². The molecule has 31 heavy (non-hydrogen) atoms. The number of hydrogen-bond donors (Lipinski definition) is 1. The Morgan fingerprint density at radius 3 is 2.52 bits per heavy atom. The summed E-state index contributed by atoms with van der Waals surface area (Å²) in [6, 6.07) is 8.12. The minimum absolute atomic E-state index is 0.0173. The van der Waals surface area contributed by atoms with Crippen LogP contribution in [0.25, 0.3) is 0 Å². The second-order valence-corrected chi connectivity index (χ2v) is 8.99. The van der Waals surface area contributed by atoms with E-state index in [9.17, 15) is 9.59 Å². The number of amides is 2. The molecule has 7 nitrogen and oxygen atoms in total. The van der Waals surface area contributed by atoms with E-state index in [1.54, 1.807) is 6.20 Å². The fourth-order valence-electron chi connectivity index (χ4n) is 4.82. The van der Waals surface area contributed by atoms with Crippen LogP contribution in [0.3, 0.4) is 0 Å². The van der Waals surface area contributed by atoms with Crippen LogP contribution in [0.4, 0.5) is 0 Å². The first-order valence-corrected chi connectivity index (χ1v) is 11.2. The first kappa shape index (κ1) is 21.6. The summed E-state index contributed by atoms with van der Waals surface area (Å²) in [7, 11) is 0. The molecule has 7 heteroatoms. The van der Waals surface area contributed by atoms with E-state index in [0.717, 1.165) is 24.1 Å². The molecule has 2 fully saturated rings. The molecule has 166 valence electrons. The lowest BCUT2D eigenvalue weighted by Crippen LogP contribution is -2.48. The van der Waals surface area contributed by atoms with Crippen LogP contribution in [0.1, 0.15) is 59.8 Å². The lowest BCUT2D eigenvalue weighted by Gasteiger charge is -2.36. The number of morpholine rings is 1. The highest BCUT2D eigenvalue weighted by Crippen LogP contribution is 2.30. The number of aromatic nitrogens is 2. The normalized spacial score (nSPS) is 22.5. The third-order valence-corrected chi connectivity index (χ3v) is 6.30. The molecule has 0 spiro atoms. The molecule has 1 N–H and O–H groups in total. The number of rotatable bonds is 4. The molecular formula is C24H32N4O3. The third kappa shape index (κ3) is 4.98. The number of carbonyl (C=O) groups is 2. The number of benzene rings is 1. The number of likely N-dealkylation sites (tertiary alicyclic amines) is 1. The van der Waals surface area contributed by atoms with Gasteiger partial charge in [-0.1, -0.05) is 29.8 Å². The predicted molar refractivity (Wildman–Crippen MR) is 118 cm³/mol. The predicted octanol–water partition coefficient (Wildman–Crippen LogP) is 2.92. The van der Waals surface area contributed by atoms with Crippen LogP contribution >= 0.6 is 0 Å². The van der Waals surface area contributed by atoms with E-state index in [4.69, 9.17) is 4.74 Å². The number of nitrogens with zero attached hydrogens (tertiary/aromatic N) is 3. The van der Waals surface area contributed by atoms with Crippen molar-refractivity contribution >= 4 is 11.8 Å². The van der Waals surface area contributed by atoms with Gasteiger partial charge in [0.05, 0.1) is 36.1 Å². The van der Waals surface area contributed by atoms with Crippen molar-refractivity contribution in [3.05, 3.63) is 52.8 Å². The molecule has 3 heterocycles. The minimum Gasteiger partial charge on any atom is -0.372 e.